The second kappa shape index (κ2) is 10.5. The van der Waals surface area contributed by atoms with E-state index >= 15 is 0 Å². The molecule has 0 N–H and O–H groups in total. The van der Waals surface area contributed by atoms with Gasteiger partial charge in [-0.25, -0.2) is 9.97 Å². The van der Waals surface area contributed by atoms with Crippen molar-refractivity contribution in [3.05, 3.63) is 59.7 Å². The molecule has 0 saturated carbocycles. The minimum Gasteiger partial charge on any atom is -0.444 e. The quantitative estimate of drug-likeness (QED) is 0.225. The number of hydrogen-bond donors (Lipinski definition) is 0. The van der Waals surface area contributed by atoms with Gasteiger partial charge in [-0.1, -0.05) is 31.8 Å². The van der Waals surface area contributed by atoms with Crippen LogP contribution in [0.2, 0.25) is 25.7 Å². The van der Waals surface area contributed by atoms with Gasteiger partial charge >= 0.3 is 0 Å². The predicted molar refractivity (Wildman–Crippen MR) is 153 cm³/mol. The lowest BCUT2D eigenvalue weighted by Gasteiger charge is -2.25. The van der Waals surface area contributed by atoms with Gasteiger partial charge < -0.3 is 23.5 Å². The van der Waals surface area contributed by atoms with Gasteiger partial charge in [0.15, 0.2) is 5.69 Å². The average molecular weight is 532 g/mol. The number of amides is 1. The molecule has 5 rings (SSSR count). The lowest BCUT2D eigenvalue weighted by molar-refractivity contribution is 0.0822. The van der Waals surface area contributed by atoms with E-state index in [9.17, 15) is 4.79 Å². The van der Waals surface area contributed by atoms with Crippen LogP contribution in [0, 0.1) is 0 Å². The molecule has 8 nitrogen and oxygen atoms in total. The van der Waals surface area contributed by atoms with Crippen molar-refractivity contribution in [2.75, 3.05) is 34.3 Å². The molecule has 0 saturated heterocycles. The Hall–Kier alpha value is -3.27. The minimum absolute atomic E-state index is 0.198. The van der Waals surface area contributed by atoms with Crippen LogP contribution in [0.4, 0.5) is 0 Å². The number of hydrogen-bond acceptors (Lipinski definition) is 6. The number of oxazole rings is 1. The standard InChI is InChI=1S/C29H37N5O3Si/c1-32(2)29(35)26-18-37-28(31-26)25-17-34(19-36-11-12-38(4,5)6)27-24(25)14-22(15-30-27)21-8-7-20-9-10-33(3)16-23(20)13-21/h7-8,13-15,17-18H,9-12,16,19H2,1-6H3. The first-order valence-electron chi connectivity index (χ1n) is 13.1. The van der Waals surface area contributed by atoms with Gasteiger partial charge in [0.05, 0.1) is 5.56 Å². The van der Waals surface area contributed by atoms with Crippen LogP contribution < -0.4 is 0 Å². The number of carbonyl (C=O) groups is 1. The van der Waals surface area contributed by atoms with E-state index in [1.807, 2.05) is 17.0 Å². The van der Waals surface area contributed by atoms with Crippen LogP contribution in [0.3, 0.4) is 0 Å². The first kappa shape index (κ1) is 26.3. The number of carbonyl (C=O) groups excluding carboxylic acids is 1. The highest BCUT2D eigenvalue weighted by Gasteiger charge is 2.21. The van der Waals surface area contributed by atoms with Crippen LogP contribution >= 0.6 is 0 Å². The molecule has 200 valence electrons. The summed E-state index contributed by atoms with van der Waals surface area (Å²) >= 11 is 0. The van der Waals surface area contributed by atoms with E-state index in [0.717, 1.165) is 53.3 Å². The van der Waals surface area contributed by atoms with Gasteiger partial charge in [-0.15, -0.1) is 0 Å². The maximum Gasteiger partial charge on any atom is 0.275 e. The Balaban J connectivity index is 1.53. The molecule has 0 radical (unpaired) electrons. The van der Waals surface area contributed by atoms with E-state index in [1.54, 1.807) is 14.1 Å². The van der Waals surface area contributed by atoms with Crippen molar-refractivity contribution in [1.29, 1.82) is 0 Å². The molecular weight excluding hydrogens is 494 g/mol. The summed E-state index contributed by atoms with van der Waals surface area (Å²) < 4.78 is 13.9. The summed E-state index contributed by atoms with van der Waals surface area (Å²) in [5.74, 6) is 0.198. The third-order valence-electron chi connectivity index (χ3n) is 7.04. The number of nitrogens with zero attached hydrogens (tertiary/aromatic N) is 5. The molecule has 0 unspecified atom stereocenters. The molecule has 1 amide bonds. The summed E-state index contributed by atoms with van der Waals surface area (Å²) in [6.07, 6.45) is 6.39. The maximum absolute atomic E-state index is 12.5. The van der Waals surface area contributed by atoms with Crippen molar-refractivity contribution >= 4 is 25.0 Å². The van der Waals surface area contributed by atoms with Gasteiger partial charge in [-0.05, 0) is 48.3 Å². The summed E-state index contributed by atoms with van der Waals surface area (Å²) in [5, 5.41) is 0.914. The lowest BCUT2D eigenvalue weighted by atomic mass is 9.95. The second-order valence-corrected chi connectivity index (χ2v) is 17.3. The number of aromatic nitrogens is 3. The SMILES string of the molecule is CN1CCc2ccc(-c3cnc4c(c3)c(-c3nc(C(=O)N(C)C)co3)cn4COCC[Si](C)(C)C)cc2C1. The van der Waals surface area contributed by atoms with E-state index in [0.29, 0.717) is 19.2 Å². The summed E-state index contributed by atoms with van der Waals surface area (Å²) in [5.41, 5.74) is 6.82. The van der Waals surface area contributed by atoms with Gasteiger partial charge in [-0.2, -0.15) is 0 Å². The molecule has 0 bridgehead atoms. The van der Waals surface area contributed by atoms with Crippen molar-refractivity contribution in [3.8, 4) is 22.6 Å². The fourth-order valence-corrected chi connectivity index (χ4v) is 5.50. The largest absolute Gasteiger partial charge is 0.444 e. The molecule has 1 aromatic carbocycles. The maximum atomic E-state index is 12.5. The van der Waals surface area contributed by atoms with Crippen LogP contribution in [0.25, 0.3) is 33.6 Å². The minimum atomic E-state index is -1.19. The highest BCUT2D eigenvalue weighted by Crippen LogP contribution is 2.34. The normalized spacial score (nSPS) is 14.2. The molecule has 1 aliphatic heterocycles. The van der Waals surface area contributed by atoms with Gasteiger partial charge in [0, 0.05) is 65.2 Å². The highest BCUT2D eigenvalue weighted by molar-refractivity contribution is 6.76. The molecule has 0 spiro atoms. The van der Waals surface area contributed by atoms with Gasteiger partial charge in [-0.3, -0.25) is 4.79 Å². The Morgan fingerprint density at radius 1 is 1.16 bits per heavy atom. The first-order chi connectivity index (χ1) is 18.1. The molecule has 4 aromatic rings. The van der Waals surface area contributed by atoms with E-state index in [1.165, 1.54) is 22.3 Å². The average Bonchev–Trinajstić information content (AvgIpc) is 3.50. The Kier molecular flexibility index (Phi) is 7.26. The van der Waals surface area contributed by atoms with Gasteiger partial charge in [0.25, 0.3) is 5.91 Å². The topological polar surface area (TPSA) is 76.6 Å². The summed E-state index contributed by atoms with van der Waals surface area (Å²) in [4.78, 5) is 25.7. The van der Waals surface area contributed by atoms with Crippen LogP contribution in [0.15, 0.2) is 47.3 Å². The third kappa shape index (κ3) is 5.60. The van der Waals surface area contributed by atoms with Crippen LogP contribution in [0.5, 0.6) is 0 Å². The first-order valence-corrected chi connectivity index (χ1v) is 16.8. The summed E-state index contributed by atoms with van der Waals surface area (Å²) in [6, 6.07) is 9.95. The molecule has 4 heterocycles. The zero-order valence-electron chi connectivity index (χ0n) is 23.2. The van der Waals surface area contributed by atoms with Gasteiger partial charge in [0.2, 0.25) is 5.89 Å². The zero-order chi connectivity index (χ0) is 27.0. The highest BCUT2D eigenvalue weighted by atomic mass is 28.3. The third-order valence-corrected chi connectivity index (χ3v) is 8.75. The Morgan fingerprint density at radius 2 is 1.97 bits per heavy atom. The fourth-order valence-electron chi connectivity index (χ4n) is 4.74. The Labute approximate surface area is 225 Å². The molecule has 38 heavy (non-hydrogen) atoms. The fraction of sp³-hybridized carbons (Fsp3) is 0.414. The molecule has 9 heteroatoms. The molecule has 0 aliphatic carbocycles. The summed E-state index contributed by atoms with van der Waals surface area (Å²) in [7, 11) is 4.38. The van der Waals surface area contributed by atoms with Crippen LogP contribution in [-0.2, 0) is 24.4 Å². The number of fused-ring (bicyclic) bond motifs is 2. The Morgan fingerprint density at radius 3 is 2.74 bits per heavy atom. The van der Waals surface area contributed by atoms with Crippen molar-refractivity contribution in [2.45, 2.75) is 45.4 Å². The molecular formula is C29H37N5O3Si. The van der Waals surface area contributed by atoms with Crippen molar-refractivity contribution in [1.82, 2.24) is 24.3 Å². The van der Waals surface area contributed by atoms with Crippen LogP contribution in [-0.4, -0.2) is 72.6 Å². The van der Waals surface area contributed by atoms with Gasteiger partial charge in [0.1, 0.15) is 18.6 Å². The second-order valence-electron chi connectivity index (χ2n) is 11.7. The van der Waals surface area contributed by atoms with Crippen LogP contribution in [0.1, 0.15) is 21.6 Å². The molecule has 0 fully saturated rings. The molecule has 0 atom stereocenters. The van der Waals surface area contributed by atoms with E-state index in [-0.39, 0.29) is 11.6 Å². The van der Waals surface area contributed by atoms with E-state index in [2.05, 4.69) is 60.8 Å². The number of pyridine rings is 1. The number of benzene rings is 1. The monoisotopic (exact) mass is 531 g/mol. The lowest BCUT2D eigenvalue weighted by Crippen LogP contribution is -2.26. The number of rotatable bonds is 8. The predicted octanol–water partition coefficient (Wildman–Crippen LogP) is 5.36. The summed E-state index contributed by atoms with van der Waals surface area (Å²) in [6.45, 7) is 10.2. The van der Waals surface area contributed by atoms with Crippen molar-refractivity contribution < 1.29 is 13.9 Å². The zero-order valence-corrected chi connectivity index (χ0v) is 24.2. The molecule has 3 aromatic heterocycles. The van der Waals surface area contributed by atoms with E-state index < -0.39 is 8.07 Å². The number of likely N-dealkylation sites (N-methyl/N-ethyl adjacent to an activating group) is 1. The molecule has 1 aliphatic rings. The Bertz CT molecular complexity index is 1470. The van der Waals surface area contributed by atoms with E-state index in [4.69, 9.17) is 14.1 Å². The van der Waals surface area contributed by atoms with Crippen molar-refractivity contribution in [3.63, 3.8) is 0 Å². The smallest absolute Gasteiger partial charge is 0.275 e. The van der Waals surface area contributed by atoms with Crippen molar-refractivity contribution in [2.24, 2.45) is 0 Å². The number of ether oxygens (including phenoxy) is 1.